The Balaban J connectivity index is 1.55. The fourth-order valence-corrected chi connectivity index (χ4v) is 3.77. The maximum absolute atomic E-state index is 12.4. The molecule has 1 aromatic heterocycles. The van der Waals surface area contributed by atoms with E-state index in [4.69, 9.17) is 0 Å². The second-order valence-electron chi connectivity index (χ2n) is 6.03. The van der Waals surface area contributed by atoms with Crippen LogP contribution < -0.4 is 5.32 Å². The first-order valence-corrected chi connectivity index (χ1v) is 9.70. The van der Waals surface area contributed by atoms with Gasteiger partial charge in [-0.3, -0.25) is 4.79 Å². The summed E-state index contributed by atoms with van der Waals surface area (Å²) < 4.78 is 1.92. The van der Waals surface area contributed by atoms with Crippen molar-refractivity contribution in [1.82, 2.24) is 15.2 Å². The van der Waals surface area contributed by atoms with E-state index < -0.39 is 0 Å². The monoisotopic (exact) mass is 441 g/mol. The van der Waals surface area contributed by atoms with Gasteiger partial charge < -0.3 is 15.2 Å². The Morgan fingerprint density at radius 3 is 2.70 bits per heavy atom. The molecule has 4 nitrogen and oxygen atoms in total. The molecule has 0 saturated carbocycles. The van der Waals surface area contributed by atoms with Gasteiger partial charge in [0, 0.05) is 32.6 Å². The Hall–Kier alpha value is -0.850. The molecule has 2 N–H and O–H groups in total. The quantitative estimate of drug-likeness (QED) is 0.678. The first-order valence-electron chi connectivity index (χ1n) is 8.12. The van der Waals surface area contributed by atoms with Crippen LogP contribution in [0.3, 0.4) is 0 Å². The largest absolute Gasteiger partial charge is 0.360 e. The molecule has 0 bridgehead atoms. The van der Waals surface area contributed by atoms with Crippen molar-refractivity contribution in [2.75, 3.05) is 26.2 Å². The standard InChI is InChI=1S/C17H21Br2N3O/c18-14-9-12-13(11-21-16(12)10-15(14)19)17(23)20-5-4-8-22-6-2-1-3-7-22/h9-11,21H,1-8H2,(H,20,23). The summed E-state index contributed by atoms with van der Waals surface area (Å²) in [4.78, 5) is 18.1. The summed E-state index contributed by atoms with van der Waals surface area (Å²) in [7, 11) is 0. The molecule has 0 unspecified atom stereocenters. The third-order valence-corrected chi connectivity index (χ3v) is 6.20. The van der Waals surface area contributed by atoms with Crippen molar-refractivity contribution < 1.29 is 4.79 Å². The highest BCUT2D eigenvalue weighted by Gasteiger charge is 2.14. The normalized spacial score (nSPS) is 15.9. The van der Waals surface area contributed by atoms with E-state index in [9.17, 15) is 4.79 Å². The molecule has 1 saturated heterocycles. The minimum atomic E-state index is -0.0101. The number of hydrogen-bond acceptors (Lipinski definition) is 2. The molecule has 1 aliphatic heterocycles. The molecular formula is C17H21Br2N3O. The van der Waals surface area contributed by atoms with Crippen molar-refractivity contribution in [3.05, 3.63) is 32.8 Å². The summed E-state index contributed by atoms with van der Waals surface area (Å²) in [6.07, 6.45) is 6.77. The summed E-state index contributed by atoms with van der Waals surface area (Å²) in [5.74, 6) is -0.0101. The second-order valence-corrected chi connectivity index (χ2v) is 7.73. The Labute approximate surface area is 153 Å². The predicted molar refractivity (Wildman–Crippen MR) is 101 cm³/mol. The number of H-pyrrole nitrogens is 1. The lowest BCUT2D eigenvalue weighted by Gasteiger charge is -2.26. The van der Waals surface area contributed by atoms with E-state index in [0.717, 1.165) is 39.4 Å². The SMILES string of the molecule is O=C(NCCCN1CCCCC1)c1c[nH]c2cc(Br)c(Br)cc12. The molecule has 23 heavy (non-hydrogen) atoms. The Kier molecular flexibility index (Phi) is 5.77. The number of carbonyl (C=O) groups excluding carboxylic acids is 1. The zero-order chi connectivity index (χ0) is 16.2. The van der Waals surface area contributed by atoms with Crippen LogP contribution in [0, 0.1) is 0 Å². The van der Waals surface area contributed by atoms with E-state index in [1.165, 1.54) is 32.4 Å². The number of nitrogens with one attached hydrogen (secondary N) is 2. The van der Waals surface area contributed by atoms with Gasteiger partial charge in [0.15, 0.2) is 0 Å². The lowest BCUT2D eigenvalue weighted by molar-refractivity contribution is 0.0953. The van der Waals surface area contributed by atoms with Gasteiger partial charge in [0.05, 0.1) is 5.56 Å². The number of likely N-dealkylation sites (tertiary alicyclic amines) is 1. The highest BCUT2D eigenvalue weighted by atomic mass is 79.9. The number of aromatic amines is 1. The van der Waals surface area contributed by atoms with Crippen molar-refractivity contribution >= 4 is 48.7 Å². The number of nitrogens with zero attached hydrogens (tertiary/aromatic N) is 1. The number of benzene rings is 1. The zero-order valence-electron chi connectivity index (χ0n) is 13.0. The van der Waals surface area contributed by atoms with E-state index >= 15 is 0 Å². The van der Waals surface area contributed by atoms with Crippen LogP contribution >= 0.6 is 31.9 Å². The van der Waals surface area contributed by atoms with Crippen LogP contribution in [0.25, 0.3) is 10.9 Å². The number of rotatable bonds is 5. The predicted octanol–water partition coefficient (Wildman–Crippen LogP) is 4.30. The van der Waals surface area contributed by atoms with Crippen LogP contribution in [0.4, 0.5) is 0 Å². The first kappa shape index (κ1) is 17.0. The fourth-order valence-electron chi connectivity index (χ4n) is 3.09. The number of fused-ring (bicyclic) bond motifs is 1. The molecule has 0 atom stereocenters. The smallest absolute Gasteiger partial charge is 0.253 e. The van der Waals surface area contributed by atoms with E-state index in [0.29, 0.717) is 5.56 Å². The van der Waals surface area contributed by atoms with Crippen LogP contribution in [-0.2, 0) is 0 Å². The zero-order valence-corrected chi connectivity index (χ0v) is 16.2. The van der Waals surface area contributed by atoms with Crippen molar-refractivity contribution in [2.24, 2.45) is 0 Å². The van der Waals surface area contributed by atoms with Gasteiger partial charge in [-0.2, -0.15) is 0 Å². The maximum Gasteiger partial charge on any atom is 0.253 e. The molecule has 3 rings (SSSR count). The Bertz CT molecular complexity index is 692. The van der Waals surface area contributed by atoms with Crippen molar-refractivity contribution in [2.45, 2.75) is 25.7 Å². The molecule has 0 aliphatic carbocycles. The number of hydrogen-bond donors (Lipinski definition) is 2. The van der Waals surface area contributed by atoms with E-state index in [2.05, 4.69) is 47.1 Å². The van der Waals surface area contributed by atoms with Gasteiger partial charge in [0.25, 0.3) is 5.91 Å². The summed E-state index contributed by atoms with van der Waals surface area (Å²) in [5, 5.41) is 3.98. The lowest BCUT2D eigenvalue weighted by Crippen LogP contribution is -2.33. The van der Waals surface area contributed by atoms with Crippen LogP contribution in [0.15, 0.2) is 27.3 Å². The van der Waals surface area contributed by atoms with Crippen molar-refractivity contribution in [1.29, 1.82) is 0 Å². The van der Waals surface area contributed by atoms with Gasteiger partial charge >= 0.3 is 0 Å². The summed E-state index contributed by atoms with van der Waals surface area (Å²) in [6, 6.07) is 3.95. The van der Waals surface area contributed by atoms with Gasteiger partial charge in [-0.1, -0.05) is 6.42 Å². The average Bonchev–Trinajstić information content (AvgIpc) is 2.95. The van der Waals surface area contributed by atoms with Crippen LogP contribution in [-0.4, -0.2) is 42.0 Å². The topological polar surface area (TPSA) is 48.1 Å². The van der Waals surface area contributed by atoms with Crippen LogP contribution in [0.5, 0.6) is 0 Å². The highest BCUT2D eigenvalue weighted by molar-refractivity contribution is 9.13. The molecule has 1 aliphatic rings. The minimum Gasteiger partial charge on any atom is -0.360 e. The summed E-state index contributed by atoms with van der Waals surface area (Å²) in [6.45, 7) is 4.21. The summed E-state index contributed by atoms with van der Waals surface area (Å²) >= 11 is 6.97. The van der Waals surface area contributed by atoms with E-state index in [-0.39, 0.29) is 5.91 Å². The molecule has 2 aromatic rings. The second kappa shape index (κ2) is 7.81. The molecule has 1 aromatic carbocycles. The number of amides is 1. The van der Waals surface area contributed by atoms with Crippen LogP contribution in [0.1, 0.15) is 36.0 Å². The van der Waals surface area contributed by atoms with E-state index in [1.54, 1.807) is 6.20 Å². The number of halogens is 2. The van der Waals surface area contributed by atoms with Gasteiger partial charge in [-0.25, -0.2) is 0 Å². The maximum atomic E-state index is 12.4. The number of piperidine rings is 1. The first-order chi connectivity index (χ1) is 11.1. The Morgan fingerprint density at radius 2 is 1.91 bits per heavy atom. The average molecular weight is 443 g/mol. The molecule has 0 spiro atoms. The number of aromatic nitrogens is 1. The van der Waals surface area contributed by atoms with Crippen LogP contribution in [0.2, 0.25) is 0 Å². The molecule has 1 amide bonds. The number of carbonyl (C=O) groups is 1. The Morgan fingerprint density at radius 1 is 1.17 bits per heavy atom. The highest BCUT2D eigenvalue weighted by Crippen LogP contribution is 2.30. The minimum absolute atomic E-state index is 0.0101. The molecule has 1 fully saturated rings. The third kappa shape index (κ3) is 4.17. The molecule has 2 heterocycles. The van der Waals surface area contributed by atoms with Crippen molar-refractivity contribution in [3.63, 3.8) is 0 Å². The van der Waals surface area contributed by atoms with Gasteiger partial charge in [0.2, 0.25) is 0 Å². The molecule has 6 heteroatoms. The van der Waals surface area contributed by atoms with Gasteiger partial charge in [-0.05, 0) is 82.9 Å². The molecule has 0 radical (unpaired) electrons. The lowest BCUT2D eigenvalue weighted by atomic mass is 10.1. The van der Waals surface area contributed by atoms with E-state index in [1.807, 2.05) is 12.1 Å². The fraction of sp³-hybridized carbons (Fsp3) is 0.471. The molecular weight excluding hydrogens is 422 g/mol. The van der Waals surface area contributed by atoms with Gasteiger partial charge in [-0.15, -0.1) is 0 Å². The summed E-state index contributed by atoms with van der Waals surface area (Å²) in [5.41, 5.74) is 1.66. The molecule has 124 valence electrons. The van der Waals surface area contributed by atoms with Gasteiger partial charge in [0.1, 0.15) is 0 Å². The third-order valence-electron chi connectivity index (χ3n) is 4.35. The van der Waals surface area contributed by atoms with Crippen molar-refractivity contribution in [3.8, 4) is 0 Å².